The molecule has 1 N–H and O–H groups in total. The van der Waals surface area contributed by atoms with E-state index in [0.717, 1.165) is 5.56 Å². The monoisotopic (exact) mass is 274 g/mol. The predicted molar refractivity (Wildman–Crippen MR) is 76.8 cm³/mol. The Hall–Kier alpha value is -1.87. The third-order valence-electron chi connectivity index (χ3n) is 3.43. The van der Waals surface area contributed by atoms with Crippen LogP contribution in [0.25, 0.3) is 0 Å². The molecule has 2 aromatic rings. The standard InChI is InChI=1S/C17H19FO2/c1-2-15(18)14(17(19)16-9-6-12-20-16)11-10-13-7-4-3-5-8-13/h2-9,12,14,17,19H,10-11H2,1H3/b15-2-/t14-,17-/m1/s1. The van der Waals surface area contributed by atoms with Gasteiger partial charge < -0.3 is 9.52 Å². The molecule has 0 aliphatic rings. The van der Waals surface area contributed by atoms with Gasteiger partial charge in [-0.1, -0.05) is 36.4 Å². The Morgan fingerprint density at radius 2 is 2.00 bits per heavy atom. The number of allylic oxidation sites excluding steroid dienone is 1. The van der Waals surface area contributed by atoms with Gasteiger partial charge in [0, 0.05) is 5.92 Å². The molecule has 2 rings (SSSR count). The van der Waals surface area contributed by atoms with Gasteiger partial charge in [0.1, 0.15) is 17.7 Å². The Kier molecular flexibility index (Phi) is 5.13. The minimum absolute atomic E-state index is 0.301. The Bertz CT molecular complexity index is 531. The summed E-state index contributed by atoms with van der Waals surface area (Å²) in [5.41, 5.74) is 1.13. The minimum atomic E-state index is -0.954. The zero-order chi connectivity index (χ0) is 14.4. The fourth-order valence-corrected chi connectivity index (χ4v) is 2.29. The van der Waals surface area contributed by atoms with Crippen LogP contribution in [0.3, 0.4) is 0 Å². The van der Waals surface area contributed by atoms with E-state index < -0.39 is 12.0 Å². The Balaban J connectivity index is 2.08. The van der Waals surface area contributed by atoms with Crippen molar-refractivity contribution in [2.75, 3.05) is 0 Å². The number of aryl methyl sites for hydroxylation is 1. The first-order valence-corrected chi connectivity index (χ1v) is 6.79. The highest BCUT2D eigenvalue weighted by Gasteiger charge is 2.26. The maximum absolute atomic E-state index is 14.0. The molecule has 0 saturated carbocycles. The van der Waals surface area contributed by atoms with Crippen LogP contribution in [0.5, 0.6) is 0 Å². The molecule has 0 spiro atoms. The summed E-state index contributed by atoms with van der Waals surface area (Å²) in [6, 6.07) is 13.2. The van der Waals surface area contributed by atoms with Crippen molar-refractivity contribution < 1.29 is 13.9 Å². The molecule has 0 radical (unpaired) electrons. The molecule has 0 unspecified atom stereocenters. The number of aliphatic hydroxyl groups excluding tert-OH is 1. The first-order chi connectivity index (χ1) is 9.72. The molecule has 2 nitrogen and oxygen atoms in total. The van der Waals surface area contributed by atoms with E-state index in [4.69, 9.17) is 4.42 Å². The van der Waals surface area contributed by atoms with Crippen LogP contribution in [0, 0.1) is 5.92 Å². The summed E-state index contributed by atoms with van der Waals surface area (Å²) in [6.45, 7) is 1.64. The summed E-state index contributed by atoms with van der Waals surface area (Å²) in [5, 5.41) is 10.3. The third kappa shape index (κ3) is 3.58. The van der Waals surface area contributed by atoms with Crippen LogP contribution in [0.1, 0.15) is 30.8 Å². The largest absolute Gasteiger partial charge is 0.467 e. The lowest BCUT2D eigenvalue weighted by molar-refractivity contribution is 0.0871. The van der Waals surface area contributed by atoms with Gasteiger partial charge in [0.05, 0.1) is 6.26 Å². The second-order valence-electron chi connectivity index (χ2n) is 4.76. The molecule has 0 amide bonds. The lowest BCUT2D eigenvalue weighted by atomic mass is 9.91. The van der Waals surface area contributed by atoms with E-state index in [-0.39, 0.29) is 5.83 Å². The molecule has 3 heteroatoms. The van der Waals surface area contributed by atoms with E-state index in [2.05, 4.69) is 0 Å². The number of halogens is 1. The third-order valence-corrected chi connectivity index (χ3v) is 3.43. The number of aliphatic hydroxyl groups is 1. The molecule has 0 aliphatic heterocycles. The molecule has 1 heterocycles. The zero-order valence-corrected chi connectivity index (χ0v) is 11.5. The van der Waals surface area contributed by atoms with Crippen molar-refractivity contribution in [3.8, 4) is 0 Å². The van der Waals surface area contributed by atoms with E-state index in [9.17, 15) is 9.50 Å². The van der Waals surface area contributed by atoms with Crippen LogP contribution in [0.15, 0.2) is 65.0 Å². The molecule has 20 heavy (non-hydrogen) atoms. The number of benzene rings is 1. The van der Waals surface area contributed by atoms with Gasteiger partial charge in [-0.15, -0.1) is 0 Å². The maximum atomic E-state index is 14.0. The lowest BCUT2D eigenvalue weighted by Gasteiger charge is -2.20. The smallest absolute Gasteiger partial charge is 0.132 e. The SMILES string of the molecule is C/C=C(\F)[C@@H](CCc1ccccc1)[C@@H](O)c1ccco1. The topological polar surface area (TPSA) is 33.4 Å². The quantitative estimate of drug-likeness (QED) is 0.845. The van der Waals surface area contributed by atoms with Crippen LogP contribution >= 0.6 is 0 Å². The van der Waals surface area contributed by atoms with Gasteiger partial charge in [-0.2, -0.15) is 0 Å². The second kappa shape index (κ2) is 7.06. The molecule has 2 atom stereocenters. The first kappa shape index (κ1) is 14.5. The van der Waals surface area contributed by atoms with Gasteiger partial charge in [-0.3, -0.25) is 0 Å². The summed E-state index contributed by atoms with van der Waals surface area (Å²) in [4.78, 5) is 0. The van der Waals surface area contributed by atoms with Crippen LogP contribution < -0.4 is 0 Å². The van der Waals surface area contributed by atoms with Crippen molar-refractivity contribution in [2.24, 2.45) is 5.92 Å². The summed E-state index contributed by atoms with van der Waals surface area (Å²) >= 11 is 0. The molecular formula is C17H19FO2. The van der Waals surface area contributed by atoms with Gasteiger partial charge in [0.15, 0.2) is 0 Å². The molecule has 0 fully saturated rings. The van der Waals surface area contributed by atoms with Gasteiger partial charge in [-0.05, 0) is 37.5 Å². The summed E-state index contributed by atoms with van der Waals surface area (Å²) in [7, 11) is 0. The van der Waals surface area contributed by atoms with Crippen molar-refractivity contribution in [3.63, 3.8) is 0 Å². The van der Waals surface area contributed by atoms with Gasteiger partial charge in [-0.25, -0.2) is 4.39 Å². The van der Waals surface area contributed by atoms with E-state index >= 15 is 0 Å². The Morgan fingerprint density at radius 1 is 1.25 bits per heavy atom. The minimum Gasteiger partial charge on any atom is -0.467 e. The number of furan rings is 1. The summed E-state index contributed by atoms with van der Waals surface area (Å²) < 4.78 is 19.2. The van der Waals surface area contributed by atoms with Crippen molar-refractivity contribution in [1.82, 2.24) is 0 Å². The molecular weight excluding hydrogens is 255 g/mol. The first-order valence-electron chi connectivity index (χ1n) is 6.79. The molecule has 0 aliphatic carbocycles. The molecule has 0 saturated heterocycles. The maximum Gasteiger partial charge on any atom is 0.132 e. The molecule has 0 bridgehead atoms. The van der Waals surface area contributed by atoms with Gasteiger partial charge >= 0.3 is 0 Å². The van der Waals surface area contributed by atoms with Crippen molar-refractivity contribution in [1.29, 1.82) is 0 Å². The van der Waals surface area contributed by atoms with Crippen molar-refractivity contribution in [3.05, 3.63) is 72.0 Å². The Labute approximate surface area is 118 Å². The highest BCUT2D eigenvalue weighted by Crippen LogP contribution is 2.32. The van der Waals surface area contributed by atoms with Crippen molar-refractivity contribution in [2.45, 2.75) is 25.9 Å². The summed E-state index contributed by atoms with van der Waals surface area (Å²) in [5.74, 6) is -0.476. The highest BCUT2D eigenvalue weighted by atomic mass is 19.1. The van der Waals surface area contributed by atoms with Crippen LogP contribution in [-0.4, -0.2) is 5.11 Å². The van der Waals surface area contributed by atoms with Crippen molar-refractivity contribution >= 4 is 0 Å². The van der Waals surface area contributed by atoms with Gasteiger partial charge in [0.25, 0.3) is 0 Å². The van der Waals surface area contributed by atoms with Gasteiger partial charge in [0.2, 0.25) is 0 Å². The molecule has 1 aromatic heterocycles. The molecule has 1 aromatic carbocycles. The zero-order valence-electron chi connectivity index (χ0n) is 11.5. The van der Waals surface area contributed by atoms with E-state index in [1.54, 1.807) is 19.1 Å². The highest BCUT2D eigenvalue weighted by molar-refractivity contribution is 5.16. The van der Waals surface area contributed by atoms with E-state index in [0.29, 0.717) is 18.6 Å². The fraction of sp³-hybridized carbons (Fsp3) is 0.294. The lowest BCUT2D eigenvalue weighted by Crippen LogP contribution is -2.14. The normalized spacial score (nSPS) is 15.1. The second-order valence-corrected chi connectivity index (χ2v) is 4.76. The number of hydrogen-bond donors (Lipinski definition) is 1. The summed E-state index contributed by atoms with van der Waals surface area (Å²) in [6.07, 6.45) is 3.18. The van der Waals surface area contributed by atoms with Crippen LogP contribution in [-0.2, 0) is 6.42 Å². The van der Waals surface area contributed by atoms with Crippen LogP contribution in [0.2, 0.25) is 0 Å². The number of rotatable bonds is 6. The predicted octanol–water partition coefficient (Wildman–Crippen LogP) is 4.44. The fourth-order valence-electron chi connectivity index (χ4n) is 2.29. The number of hydrogen-bond acceptors (Lipinski definition) is 2. The Morgan fingerprint density at radius 3 is 2.60 bits per heavy atom. The van der Waals surface area contributed by atoms with Crippen LogP contribution in [0.4, 0.5) is 4.39 Å². The van der Waals surface area contributed by atoms with E-state index in [1.807, 2.05) is 30.3 Å². The van der Waals surface area contributed by atoms with E-state index in [1.165, 1.54) is 12.3 Å². The average molecular weight is 274 g/mol. The average Bonchev–Trinajstić information content (AvgIpc) is 3.02. The molecule has 106 valence electrons.